The van der Waals surface area contributed by atoms with E-state index >= 15 is 0 Å². The lowest BCUT2D eigenvalue weighted by molar-refractivity contribution is -0.127. The number of aromatic hydroxyl groups is 1. The van der Waals surface area contributed by atoms with Crippen molar-refractivity contribution in [3.63, 3.8) is 0 Å². The predicted octanol–water partition coefficient (Wildman–Crippen LogP) is 3.79. The molecule has 0 bridgehead atoms. The third kappa shape index (κ3) is 3.44. The molecule has 4 nitrogen and oxygen atoms in total. The van der Waals surface area contributed by atoms with E-state index in [-0.39, 0.29) is 21.7 Å². The lowest BCUT2D eigenvalue weighted by Gasteiger charge is -2.37. The second-order valence-corrected chi connectivity index (χ2v) is 6.72. The number of amides is 1. The minimum atomic E-state index is -0.524. The summed E-state index contributed by atoms with van der Waals surface area (Å²) < 4.78 is 0. The largest absolute Gasteiger partial charge is 0.505 e. The zero-order valence-corrected chi connectivity index (χ0v) is 13.5. The molecule has 1 aromatic carbocycles. The normalized spacial score (nSPS) is 25.6. The molecule has 21 heavy (non-hydrogen) atoms. The second-order valence-electron chi connectivity index (χ2n) is 5.91. The summed E-state index contributed by atoms with van der Waals surface area (Å²) in [7, 11) is 0. The van der Waals surface area contributed by atoms with Crippen LogP contribution < -0.4 is 11.1 Å². The van der Waals surface area contributed by atoms with Gasteiger partial charge in [-0.1, -0.05) is 30.1 Å². The molecule has 0 aromatic heterocycles. The molecule has 6 heteroatoms. The molecule has 0 unspecified atom stereocenters. The Labute approximate surface area is 134 Å². The van der Waals surface area contributed by atoms with E-state index in [1.165, 1.54) is 12.1 Å². The number of phenolic OH excluding ortho intramolecular Hbond substituents is 1. The van der Waals surface area contributed by atoms with Crippen molar-refractivity contribution in [1.29, 1.82) is 0 Å². The Morgan fingerprint density at radius 1 is 1.38 bits per heavy atom. The van der Waals surface area contributed by atoms with Gasteiger partial charge in [0.15, 0.2) is 5.75 Å². The molecule has 0 aliphatic heterocycles. The summed E-state index contributed by atoms with van der Waals surface area (Å²) >= 11 is 11.7. The first-order chi connectivity index (χ1) is 9.88. The van der Waals surface area contributed by atoms with E-state index in [0.29, 0.717) is 18.2 Å². The molecule has 1 fully saturated rings. The second kappa shape index (κ2) is 6.42. The van der Waals surface area contributed by atoms with Crippen molar-refractivity contribution in [2.75, 3.05) is 11.9 Å². The van der Waals surface area contributed by atoms with E-state index < -0.39 is 5.41 Å². The molecule has 1 aliphatic rings. The van der Waals surface area contributed by atoms with Crippen molar-refractivity contribution in [1.82, 2.24) is 0 Å². The fourth-order valence-corrected chi connectivity index (χ4v) is 3.23. The van der Waals surface area contributed by atoms with Crippen molar-refractivity contribution in [3.05, 3.63) is 22.2 Å². The van der Waals surface area contributed by atoms with Crippen LogP contribution in [0.3, 0.4) is 0 Å². The predicted molar refractivity (Wildman–Crippen MR) is 85.9 cm³/mol. The number of phenols is 1. The Hall–Kier alpha value is -0.970. The van der Waals surface area contributed by atoms with Crippen LogP contribution >= 0.6 is 23.2 Å². The van der Waals surface area contributed by atoms with Crippen LogP contribution in [0.2, 0.25) is 10.0 Å². The molecule has 0 atom stereocenters. The van der Waals surface area contributed by atoms with E-state index in [9.17, 15) is 9.90 Å². The third-order valence-electron chi connectivity index (χ3n) is 4.38. The molecular formula is C15H20Cl2N2O2. The molecule has 1 amide bonds. The van der Waals surface area contributed by atoms with Crippen molar-refractivity contribution in [2.24, 2.45) is 17.1 Å². The van der Waals surface area contributed by atoms with Crippen LogP contribution in [-0.4, -0.2) is 17.6 Å². The van der Waals surface area contributed by atoms with Crippen molar-refractivity contribution >= 4 is 34.8 Å². The van der Waals surface area contributed by atoms with Gasteiger partial charge in [-0.3, -0.25) is 4.79 Å². The van der Waals surface area contributed by atoms with E-state index in [1.807, 2.05) is 0 Å². The van der Waals surface area contributed by atoms with Gasteiger partial charge in [0, 0.05) is 12.2 Å². The summed E-state index contributed by atoms with van der Waals surface area (Å²) in [6, 6.07) is 2.96. The topological polar surface area (TPSA) is 75.4 Å². The van der Waals surface area contributed by atoms with Crippen LogP contribution in [-0.2, 0) is 4.79 Å². The fraction of sp³-hybridized carbons (Fsp3) is 0.533. The first-order valence-corrected chi connectivity index (χ1v) is 7.83. The zero-order chi connectivity index (χ0) is 15.6. The molecule has 0 heterocycles. The van der Waals surface area contributed by atoms with Crippen molar-refractivity contribution in [2.45, 2.75) is 32.6 Å². The standard InChI is InChI=1S/C15H20Cl2N2O2/c1-9-2-4-15(8-18,5-3-9)14(21)19-10-6-11(16)13(20)12(17)7-10/h6-7,9,20H,2-5,8,18H2,1H3,(H,19,21). The van der Waals surface area contributed by atoms with Crippen LogP contribution in [0, 0.1) is 11.3 Å². The molecule has 2 rings (SSSR count). The summed E-state index contributed by atoms with van der Waals surface area (Å²) in [4.78, 5) is 12.6. The molecule has 0 saturated heterocycles. The van der Waals surface area contributed by atoms with Gasteiger partial charge in [0.25, 0.3) is 0 Å². The number of hydrogen-bond acceptors (Lipinski definition) is 3. The van der Waals surface area contributed by atoms with Gasteiger partial charge in [0.2, 0.25) is 5.91 Å². The van der Waals surface area contributed by atoms with Gasteiger partial charge >= 0.3 is 0 Å². The SMILES string of the molecule is CC1CCC(CN)(C(=O)Nc2cc(Cl)c(O)c(Cl)c2)CC1. The van der Waals surface area contributed by atoms with Crippen LogP contribution in [0.25, 0.3) is 0 Å². The molecule has 4 N–H and O–H groups in total. The average Bonchev–Trinajstić information content (AvgIpc) is 2.45. The monoisotopic (exact) mass is 330 g/mol. The van der Waals surface area contributed by atoms with Gasteiger partial charge < -0.3 is 16.2 Å². The van der Waals surface area contributed by atoms with Crippen LogP contribution in [0.4, 0.5) is 5.69 Å². The summed E-state index contributed by atoms with van der Waals surface area (Å²) in [5.41, 5.74) is 5.82. The maximum absolute atomic E-state index is 12.6. The average molecular weight is 331 g/mol. The number of halogens is 2. The number of nitrogens with two attached hydrogens (primary N) is 1. The molecular weight excluding hydrogens is 311 g/mol. The Kier molecular flexibility index (Phi) is 5.02. The number of benzene rings is 1. The number of carbonyl (C=O) groups excluding carboxylic acids is 1. The third-order valence-corrected chi connectivity index (χ3v) is 4.95. The highest BCUT2D eigenvalue weighted by Gasteiger charge is 2.39. The Bertz CT molecular complexity index is 517. The quantitative estimate of drug-likeness (QED) is 0.738. The Morgan fingerprint density at radius 3 is 2.38 bits per heavy atom. The summed E-state index contributed by atoms with van der Waals surface area (Å²) in [5, 5.41) is 12.6. The van der Waals surface area contributed by atoms with Gasteiger partial charge in [-0.15, -0.1) is 0 Å². The van der Waals surface area contributed by atoms with Crippen LogP contribution in [0.5, 0.6) is 5.75 Å². The van der Waals surface area contributed by atoms with E-state index in [2.05, 4.69) is 12.2 Å². The number of carbonyl (C=O) groups is 1. The minimum Gasteiger partial charge on any atom is -0.505 e. The maximum atomic E-state index is 12.6. The highest BCUT2D eigenvalue weighted by atomic mass is 35.5. The molecule has 1 saturated carbocycles. The summed E-state index contributed by atoms with van der Waals surface area (Å²) in [6.07, 6.45) is 3.58. The highest BCUT2D eigenvalue weighted by Crippen LogP contribution is 2.40. The van der Waals surface area contributed by atoms with E-state index in [0.717, 1.165) is 25.7 Å². The zero-order valence-electron chi connectivity index (χ0n) is 12.0. The van der Waals surface area contributed by atoms with Crippen LogP contribution in [0.1, 0.15) is 32.6 Å². The van der Waals surface area contributed by atoms with Gasteiger partial charge in [0.05, 0.1) is 15.5 Å². The Morgan fingerprint density at radius 2 is 1.90 bits per heavy atom. The smallest absolute Gasteiger partial charge is 0.231 e. The number of nitrogens with one attached hydrogen (secondary N) is 1. The van der Waals surface area contributed by atoms with Gasteiger partial charge in [-0.05, 0) is 43.7 Å². The van der Waals surface area contributed by atoms with Crippen LogP contribution in [0.15, 0.2) is 12.1 Å². The van der Waals surface area contributed by atoms with E-state index in [1.54, 1.807) is 0 Å². The van der Waals surface area contributed by atoms with Gasteiger partial charge in [-0.25, -0.2) is 0 Å². The van der Waals surface area contributed by atoms with Crippen molar-refractivity contribution in [3.8, 4) is 5.75 Å². The van der Waals surface area contributed by atoms with Gasteiger partial charge in [0.1, 0.15) is 0 Å². The number of hydrogen-bond donors (Lipinski definition) is 3. The number of rotatable bonds is 3. The lowest BCUT2D eigenvalue weighted by atomic mass is 9.70. The van der Waals surface area contributed by atoms with E-state index in [4.69, 9.17) is 28.9 Å². The molecule has 116 valence electrons. The van der Waals surface area contributed by atoms with Crippen molar-refractivity contribution < 1.29 is 9.90 Å². The fourth-order valence-electron chi connectivity index (χ4n) is 2.74. The Balaban J connectivity index is 2.16. The van der Waals surface area contributed by atoms with Gasteiger partial charge in [-0.2, -0.15) is 0 Å². The molecule has 1 aliphatic carbocycles. The highest BCUT2D eigenvalue weighted by molar-refractivity contribution is 6.37. The number of anilines is 1. The first-order valence-electron chi connectivity index (χ1n) is 7.07. The molecule has 0 spiro atoms. The maximum Gasteiger partial charge on any atom is 0.231 e. The molecule has 0 radical (unpaired) electrons. The first kappa shape index (κ1) is 16.4. The summed E-state index contributed by atoms with van der Waals surface area (Å²) in [6.45, 7) is 2.52. The minimum absolute atomic E-state index is 0.102. The lowest BCUT2D eigenvalue weighted by Crippen LogP contribution is -2.44. The molecule has 1 aromatic rings. The summed E-state index contributed by atoms with van der Waals surface area (Å²) in [5.74, 6) is 0.348.